The Balaban J connectivity index is 2.02. The van der Waals surface area contributed by atoms with Crippen LogP contribution in [0.4, 0.5) is 5.69 Å². The Hall–Kier alpha value is -1.53. The van der Waals surface area contributed by atoms with Crippen LogP contribution in [-0.4, -0.2) is 57.7 Å². The van der Waals surface area contributed by atoms with Gasteiger partial charge in [-0.2, -0.15) is 0 Å². The van der Waals surface area contributed by atoms with Gasteiger partial charge in [0.25, 0.3) is 5.91 Å². The molecule has 0 fully saturated rings. The number of rotatable bonds is 3. The minimum Gasteiger partial charge on any atom is -0.476 e. The van der Waals surface area contributed by atoms with Gasteiger partial charge in [0.05, 0.1) is 12.3 Å². The molecule has 3 rings (SSSR count). The summed E-state index contributed by atoms with van der Waals surface area (Å²) in [5, 5.41) is 0. The molecule has 0 bridgehead atoms. The van der Waals surface area contributed by atoms with Crippen molar-refractivity contribution in [2.45, 2.75) is 32.3 Å². The standard InChI is InChI=1S/C17H25BN2O3/c1-17(2)16(21)20(8-9-22-3)14-10-12-4-6-19(18)7-5-13(12)11-15(14)23-17/h10-11H,4-9,18H2,1-3H3. The number of ether oxygens (including phenoxy) is 2. The summed E-state index contributed by atoms with van der Waals surface area (Å²) in [6.07, 6.45) is 2.03. The van der Waals surface area contributed by atoms with E-state index in [1.807, 2.05) is 18.7 Å². The quantitative estimate of drug-likeness (QED) is 0.773. The van der Waals surface area contributed by atoms with Crippen LogP contribution in [0.2, 0.25) is 0 Å². The molecule has 0 N–H and O–H groups in total. The van der Waals surface area contributed by atoms with Crippen molar-refractivity contribution in [3.8, 4) is 5.75 Å². The molecular weight excluding hydrogens is 291 g/mol. The maximum Gasteiger partial charge on any atom is 0.270 e. The zero-order chi connectivity index (χ0) is 16.6. The number of hydrogen-bond donors (Lipinski definition) is 0. The molecule has 0 spiro atoms. The van der Waals surface area contributed by atoms with Crippen molar-refractivity contribution in [2.75, 3.05) is 38.3 Å². The van der Waals surface area contributed by atoms with Crippen LogP contribution in [0.5, 0.6) is 5.75 Å². The summed E-state index contributed by atoms with van der Waals surface area (Å²) in [6, 6.07) is 4.28. The van der Waals surface area contributed by atoms with Crippen molar-refractivity contribution in [3.05, 3.63) is 23.3 Å². The lowest BCUT2D eigenvalue weighted by molar-refractivity contribution is -0.132. The number of methoxy groups -OCH3 is 1. The van der Waals surface area contributed by atoms with Gasteiger partial charge in [0.2, 0.25) is 0 Å². The van der Waals surface area contributed by atoms with E-state index in [4.69, 9.17) is 9.47 Å². The Bertz CT molecular complexity index is 618. The second kappa shape index (κ2) is 6.17. The van der Waals surface area contributed by atoms with Gasteiger partial charge < -0.3 is 19.2 Å². The van der Waals surface area contributed by atoms with Crippen molar-refractivity contribution in [2.24, 2.45) is 0 Å². The molecule has 2 heterocycles. The Morgan fingerprint density at radius 1 is 1.26 bits per heavy atom. The molecule has 0 atom stereocenters. The van der Waals surface area contributed by atoms with E-state index in [0.717, 1.165) is 37.4 Å². The molecule has 0 saturated heterocycles. The molecule has 0 unspecified atom stereocenters. The van der Waals surface area contributed by atoms with Crippen LogP contribution in [-0.2, 0) is 22.4 Å². The van der Waals surface area contributed by atoms with Gasteiger partial charge >= 0.3 is 0 Å². The van der Waals surface area contributed by atoms with Crippen LogP contribution in [0.25, 0.3) is 0 Å². The number of nitrogens with zero attached hydrogens (tertiary/aromatic N) is 2. The number of benzene rings is 1. The lowest BCUT2D eigenvalue weighted by atomic mass is 9.97. The number of carbonyl (C=O) groups excluding carboxylic acids is 1. The van der Waals surface area contributed by atoms with Crippen LogP contribution >= 0.6 is 0 Å². The monoisotopic (exact) mass is 316 g/mol. The van der Waals surface area contributed by atoms with Crippen molar-refractivity contribution in [1.82, 2.24) is 4.81 Å². The molecule has 2 aliphatic rings. The summed E-state index contributed by atoms with van der Waals surface area (Å²) in [5.41, 5.74) is 2.71. The summed E-state index contributed by atoms with van der Waals surface area (Å²) in [7, 11) is 3.81. The van der Waals surface area contributed by atoms with Gasteiger partial charge in [-0.15, -0.1) is 0 Å². The molecule has 0 aromatic heterocycles. The SMILES string of the molecule is BN1CCc2cc3c(cc2CC1)N(CCOC)C(=O)C(C)(C)O3. The van der Waals surface area contributed by atoms with E-state index in [1.165, 1.54) is 11.1 Å². The Morgan fingerprint density at radius 2 is 1.91 bits per heavy atom. The number of amides is 1. The minimum atomic E-state index is -0.837. The van der Waals surface area contributed by atoms with E-state index in [9.17, 15) is 4.79 Å². The molecule has 0 aliphatic carbocycles. The van der Waals surface area contributed by atoms with Crippen molar-refractivity contribution < 1.29 is 14.3 Å². The van der Waals surface area contributed by atoms with Gasteiger partial charge in [0.15, 0.2) is 13.6 Å². The van der Waals surface area contributed by atoms with E-state index < -0.39 is 5.60 Å². The summed E-state index contributed by atoms with van der Waals surface area (Å²) in [6.45, 7) is 6.83. The van der Waals surface area contributed by atoms with Gasteiger partial charge in [-0.3, -0.25) is 4.79 Å². The predicted molar refractivity (Wildman–Crippen MR) is 92.9 cm³/mol. The van der Waals surface area contributed by atoms with E-state index in [2.05, 4.69) is 24.9 Å². The molecular formula is C17H25BN2O3. The average molecular weight is 316 g/mol. The molecule has 1 amide bonds. The smallest absolute Gasteiger partial charge is 0.270 e. The van der Waals surface area contributed by atoms with Crippen LogP contribution in [0, 0.1) is 0 Å². The van der Waals surface area contributed by atoms with E-state index >= 15 is 0 Å². The van der Waals surface area contributed by atoms with Gasteiger partial charge in [-0.1, -0.05) is 0 Å². The highest BCUT2D eigenvalue weighted by Crippen LogP contribution is 2.40. The maximum atomic E-state index is 12.7. The molecule has 0 saturated carbocycles. The molecule has 5 nitrogen and oxygen atoms in total. The molecule has 2 aliphatic heterocycles. The first-order valence-corrected chi connectivity index (χ1v) is 8.26. The Kier molecular flexibility index (Phi) is 4.38. The summed E-state index contributed by atoms with van der Waals surface area (Å²) in [4.78, 5) is 16.9. The fourth-order valence-electron chi connectivity index (χ4n) is 3.30. The summed E-state index contributed by atoms with van der Waals surface area (Å²) < 4.78 is 11.2. The molecule has 1 aromatic carbocycles. The van der Waals surface area contributed by atoms with Gasteiger partial charge in [-0.25, -0.2) is 0 Å². The lowest BCUT2D eigenvalue weighted by Crippen LogP contribution is -2.53. The number of anilines is 1. The van der Waals surface area contributed by atoms with Crippen LogP contribution in [0.15, 0.2) is 12.1 Å². The lowest BCUT2D eigenvalue weighted by Gasteiger charge is -2.39. The van der Waals surface area contributed by atoms with E-state index in [0.29, 0.717) is 13.2 Å². The second-order valence-electron chi connectivity index (χ2n) is 6.95. The highest BCUT2D eigenvalue weighted by Gasteiger charge is 2.41. The largest absolute Gasteiger partial charge is 0.476 e. The zero-order valence-electron chi connectivity index (χ0n) is 14.5. The molecule has 23 heavy (non-hydrogen) atoms. The topological polar surface area (TPSA) is 42.0 Å². The maximum absolute atomic E-state index is 12.7. The first-order valence-electron chi connectivity index (χ1n) is 8.26. The normalized spacial score (nSPS) is 20.5. The highest BCUT2D eigenvalue weighted by atomic mass is 16.5. The third kappa shape index (κ3) is 3.10. The van der Waals surface area contributed by atoms with Crippen molar-refractivity contribution in [1.29, 1.82) is 0 Å². The van der Waals surface area contributed by atoms with E-state index in [-0.39, 0.29) is 5.91 Å². The van der Waals surface area contributed by atoms with E-state index in [1.54, 1.807) is 7.11 Å². The first-order chi connectivity index (χ1) is 10.9. The fourth-order valence-corrected chi connectivity index (χ4v) is 3.30. The highest BCUT2D eigenvalue weighted by molar-refractivity contribution is 6.04. The predicted octanol–water partition coefficient (Wildman–Crippen LogP) is 0.786. The molecule has 0 radical (unpaired) electrons. The number of hydrogen-bond acceptors (Lipinski definition) is 4. The van der Waals surface area contributed by atoms with Gasteiger partial charge in [0.1, 0.15) is 5.75 Å². The van der Waals surface area contributed by atoms with Crippen LogP contribution in [0.3, 0.4) is 0 Å². The molecule has 6 heteroatoms. The van der Waals surface area contributed by atoms with Crippen molar-refractivity contribution in [3.63, 3.8) is 0 Å². The Morgan fingerprint density at radius 3 is 2.57 bits per heavy atom. The van der Waals surface area contributed by atoms with Crippen molar-refractivity contribution >= 4 is 19.6 Å². The third-order valence-electron chi connectivity index (χ3n) is 4.74. The van der Waals surface area contributed by atoms with Gasteiger partial charge in [-0.05, 0) is 63.0 Å². The fraction of sp³-hybridized carbons (Fsp3) is 0.588. The average Bonchev–Trinajstić information content (AvgIpc) is 2.68. The second-order valence-corrected chi connectivity index (χ2v) is 6.95. The van der Waals surface area contributed by atoms with Crippen LogP contribution < -0.4 is 9.64 Å². The molecule has 124 valence electrons. The third-order valence-corrected chi connectivity index (χ3v) is 4.74. The first kappa shape index (κ1) is 16.3. The zero-order valence-corrected chi connectivity index (χ0v) is 14.5. The Labute approximate surface area is 139 Å². The summed E-state index contributed by atoms with van der Waals surface area (Å²) in [5.74, 6) is 0.807. The van der Waals surface area contributed by atoms with Crippen LogP contribution in [0.1, 0.15) is 25.0 Å². The molecule has 1 aromatic rings. The number of carbonyl (C=O) groups is 1. The minimum absolute atomic E-state index is 0.00672. The van der Waals surface area contributed by atoms with Gasteiger partial charge in [0, 0.05) is 13.7 Å². The number of fused-ring (bicyclic) bond motifs is 2. The summed E-state index contributed by atoms with van der Waals surface area (Å²) >= 11 is 0.